The topological polar surface area (TPSA) is 71.1 Å². The normalized spacial score (nSPS) is 11.9. The van der Waals surface area contributed by atoms with Gasteiger partial charge in [0.15, 0.2) is 6.10 Å². The van der Waals surface area contributed by atoms with Gasteiger partial charge in [0, 0.05) is 7.05 Å². The first kappa shape index (κ1) is 14.0. The molecule has 106 valence electrons. The Balaban J connectivity index is 1.92. The van der Waals surface area contributed by atoms with E-state index in [1.807, 2.05) is 31.2 Å². The molecule has 2 rings (SSSR count). The minimum atomic E-state index is -0.550. The van der Waals surface area contributed by atoms with E-state index in [4.69, 9.17) is 4.74 Å². The molecule has 0 saturated carbocycles. The summed E-state index contributed by atoms with van der Waals surface area (Å²) >= 11 is 0. The lowest BCUT2D eigenvalue weighted by atomic mass is 10.2. The van der Waals surface area contributed by atoms with Crippen LogP contribution in [0, 0.1) is 6.92 Å². The van der Waals surface area contributed by atoms with Crippen LogP contribution < -0.4 is 4.74 Å². The van der Waals surface area contributed by atoms with Crippen LogP contribution in [0.25, 0.3) is 0 Å². The largest absolute Gasteiger partial charge is 0.481 e. The van der Waals surface area contributed by atoms with Crippen molar-refractivity contribution in [1.82, 2.24) is 20.1 Å². The van der Waals surface area contributed by atoms with Crippen molar-refractivity contribution in [3.8, 4) is 5.75 Å². The molecule has 0 fully saturated rings. The number of aromatic amines is 1. The first-order chi connectivity index (χ1) is 9.56. The third-order valence-electron chi connectivity index (χ3n) is 2.91. The average molecular weight is 274 g/mol. The molecule has 6 heteroatoms. The van der Waals surface area contributed by atoms with Gasteiger partial charge in [-0.05, 0) is 26.0 Å². The molecule has 1 amide bonds. The van der Waals surface area contributed by atoms with Gasteiger partial charge in [0.1, 0.15) is 17.9 Å². The fraction of sp³-hybridized carbons (Fsp3) is 0.357. The maximum atomic E-state index is 12.2. The summed E-state index contributed by atoms with van der Waals surface area (Å²) < 4.78 is 5.63. The van der Waals surface area contributed by atoms with Gasteiger partial charge in [0.05, 0.1) is 6.54 Å². The summed E-state index contributed by atoms with van der Waals surface area (Å²) in [6.07, 6.45) is 0.866. The molecule has 1 N–H and O–H groups in total. The average Bonchev–Trinajstić information content (AvgIpc) is 2.93. The second-order valence-corrected chi connectivity index (χ2v) is 4.70. The second kappa shape index (κ2) is 6.18. The highest BCUT2D eigenvalue weighted by atomic mass is 16.5. The van der Waals surface area contributed by atoms with Crippen LogP contribution in [0.15, 0.2) is 30.6 Å². The number of carbonyl (C=O) groups is 1. The van der Waals surface area contributed by atoms with Crippen LogP contribution in [0.4, 0.5) is 0 Å². The first-order valence-electron chi connectivity index (χ1n) is 6.39. The number of likely N-dealkylation sites (N-methyl/N-ethyl adjacent to an activating group) is 1. The molecule has 1 atom stereocenters. The number of H-pyrrole nitrogens is 1. The zero-order valence-corrected chi connectivity index (χ0v) is 11.8. The quantitative estimate of drug-likeness (QED) is 0.897. The maximum Gasteiger partial charge on any atom is 0.263 e. The summed E-state index contributed by atoms with van der Waals surface area (Å²) in [7, 11) is 1.71. The summed E-state index contributed by atoms with van der Waals surface area (Å²) in [6, 6.07) is 7.61. The number of benzene rings is 1. The fourth-order valence-electron chi connectivity index (χ4n) is 1.79. The van der Waals surface area contributed by atoms with Gasteiger partial charge in [-0.1, -0.05) is 17.7 Å². The molecule has 0 spiro atoms. The Hall–Kier alpha value is -2.37. The molecule has 20 heavy (non-hydrogen) atoms. The van der Waals surface area contributed by atoms with Crippen LogP contribution in [0.3, 0.4) is 0 Å². The number of ether oxygens (including phenoxy) is 1. The van der Waals surface area contributed by atoms with Crippen LogP contribution in [0.2, 0.25) is 0 Å². The Morgan fingerprint density at radius 1 is 1.40 bits per heavy atom. The number of hydrogen-bond acceptors (Lipinski definition) is 4. The number of carbonyl (C=O) groups excluding carboxylic acids is 1. The van der Waals surface area contributed by atoms with Crippen molar-refractivity contribution in [2.75, 3.05) is 7.05 Å². The Morgan fingerprint density at radius 3 is 2.70 bits per heavy atom. The van der Waals surface area contributed by atoms with Gasteiger partial charge in [-0.25, -0.2) is 4.98 Å². The van der Waals surface area contributed by atoms with E-state index in [-0.39, 0.29) is 5.91 Å². The van der Waals surface area contributed by atoms with Gasteiger partial charge < -0.3 is 9.64 Å². The monoisotopic (exact) mass is 274 g/mol. The standard InChI is InChI=1S/C14H18N4O2/c1-10-4-6-12(7-5-10)20-11(2)14(19)18(3)8-13-15-9-16-17-13/h4-7,9,11H,8H2,1-3H3,(H,15,16,17). The minimum Gasteiger partial charge on any atom is -0.481 e. The maximum absolute atomic E-state index is 12.2. The Bertz CT molecular complexity index is 551. The van der Waals surface area contributed by atoms with Crippen LogP contribution in [-0.2, 0) is 11.3 Å². The van der Waals surface area contributed by atoms with Gasteiger partial charge in [0.2, 0.25) is 0 Å². The van der Waals surface area contributed by atoms with Crippen LogP contribution in [0.5, 0.6) is 5.75 Å². The zero-order chi connectivity index (χ0) is 14.5. The SMILES string of the molecule is Cc1ccc(OC(C)C(=O)N(C)Cc2ncn[nH]2)cc1. The van der Waals surface area contributed by atoms with E-state index in [0.29, 0.717) is 18.1 Å². The molecular weight excluding hydrogens is 256 g/mol. The number of aryl methyl sites for hydroxylation is 1. The van der Waals surface area contributed by atoms with E-state index in [2.05, 4.69) is 15.2 Å². The number of hydrogen-bond donors (Lipinski definition) is 1. The summed E-state index contributed by atoms with van der Waals surface area (Å²) in [4.78, 5) is 17.7. The highest BCUT2D eigenvalue weighted by Crippen LogP contribution is 2.14. The van der Waals surface area contributed by atoms with Gasteiger partial charge in [-0.3, -0.25) is 9.89 Å². The van der Waals surface area contributed by atoms with Gasteiger partial charge in [-0.2, -0.15) is 5.10 Å². The molecule has 0 aliphatic rings. The molecule has 1 heterocycles. The molecule has 0 aliphatic heterocycles. The predicted octanol–water partition coefficient (Wildman–Crippen LogP) is 1.54. The van der Waals surface area contributed by atoms with Crippen molar-refractivity contribution in [2.45, 2.75) is 26.5 Å². The summed E-state index contributed by atoms with van der Waals surface area (Å²) in [5, 5.41) is 6.47. The zero-order valence-electron chi connectivity index (χ0n) is 11.8. The van der Waals surface area contributed by atoms with Crippen molar-refractivity contribution in [1.29, 1.82) is 0 Å². The predicted molar refractivity (Wildman–Crippen MR) is 74.1 cm³/mol. The lowest BCUT2D eigenvalue weighted by molar-refractivity contribution is -0.137. The van der Waals surface area contributed by atoms with Crippen molar-refractivity contribution in [2.24, 2.45) is 0 Å². The van der Waals surface area contributed by atoms with Crippen LogP contribution in [0.1, 0.15) is 18.3 Å². The van der Waals surface area contributed by atoms with Crippen molar-refractivity contribution in [3.63, 3.8) is 0 Å². The van der Waals surface area contributed by atoms with Crippen LogP contribution >= 0.6 is 0 Å². The third-order valence-corrected chi connectivity index (χ3v) is 2.91. The van der Waals surface area contributed by atoms with Crippen molar-refractivity contribution in [3.05, 3.63) is 42.0 Å². The van der Waals surface area contributed by atoms with E-state index in [0.717, 1.165) is 5.56 Å². The lowest BCUT2D eigenvalue weighted by Gasteiger charge is -2.21. The van der Waals surface area contributed by atoms with Crippen molar-refractivity contribution >= 4 is 5.91 Å². The van der Waals surface area contributed by atoms with E-state index >= 15 is 0 Å². The molecule has 0 bridgehead atoms. The number of nitrogens with one attached hydrogen (secondary N) is 1. The summed E-state index contributed by atoms with van der Waals surface area (Å²) in [6.45, 7) is 4.11. The minimum absolute atomic E-state index is 0.109. The Labute approximate surface area is 117 Å². The van der Waals surface area contributed by atoms with E-state index < -0.39 is 6.10 Å². The van der Waals surface area contributed by atoms with E-state index in [9.17, 15) is 4.79 Å². The third kappa shape index (κ3) is 3.57. The van der Waals surface area contributed by atoms with Crippen molar-refractivity contribution < 1.29 is 9.53 Å². The molecule has 0 aliphatic carbocycles. The second-order valence-electron chi connectivity index (χ2n) is 4.70. The Kier molecular flexibility index (Phi) is 4.34. The number of amides is 1. The summed E-state index contributed by atoms with van der Waals surface area (Å²) in [5.74, 6) is 1.22. The fourth-order valence-corrected chi connectivity index (χ4v) is 1.79. The molecular formula is C14H18N4O2. The molecule has 6 nitrogen and oxygen atoms in total. The molecule has 2 aromatic rings. The molecule has 1 unspecified atom stereocenters. The highest BCUT2D eigenvalue weighted by molar-refractivity contribution is 5.80. The van der Waals surface area contributed by atoms with Gasteiger partial charge >= 0.3 is 0 Å². The smallest absolute Gasteiger partial charge is 0.263 e. The van der Waals surface area contributed by atoms with Crippen LogP contribution in [-0.4, -0.2) is 39.1 Å². The Morgan fingerprint density at radius 2 is 2.10 bits per heavy atom. The summed E-state index contributed by atoms with van der Waals surface area (Å²) in [5.41, 5.74) is 1.15. The van der Waals surface area contributed by atoms with Gasteiger partial charge in [0.25, 0.3) is 5.91 Å². The van der Waals surface area contributed by atoms with E-state index in [1.165, 1.54) is 6.33 Å². The number of aromatic nitrogens is 3. The number of nitrogens with zero attached hydrogens (tertiary/aromatic N) is 3. The molecule has 1 aromatic heterocycles. The molecule has 0 saturated heterocycles. The lowest BCUT2D eigenvalue weighted by Crippen LogP contribution is -2.37. The molecule has 0 radical (unpaired) electrons. The highest BCUT2D eigenvalue weighted by Gasteiger charge is 2.20. The molecule has 1 aromatic carbocycles. The first-order valence-corrected chi connectivity index (χ1v) is 6.39. The van der Waals surface area contributed by atoms with E-state index in [1.54, 1.807) is 18.9 Å². The number of rotatable bonds is 5. The van der Waals surface area contributed by atoms with Gasteiger partial charge in [-0.15, -0.1) is 0 Å².